The Morgan fingerprint density at radius 1 is 1.12 bits per heavy atom. The molecule has 7 heteroatoms. The zero-order valence-electron chi connectivity index (χ0n) is 12.8. The Labute approximate surface area is 149 Å². The van der Waals surface area contributed by atoms with E-state index in [2.05, 4.69) is 15.8 Å². The molecular formula is C17H15Cl2N3O2. The highest BCUT2D eigenvalue weighted by Crippen LogP contribution is 2.20. The van der Waals surface area contributed by atoms with E-state index in [1.807, 2.05) is 31.2 Å². The van der Waals surface area contributed by atoms with Crippen LogP contribution in [-0.2, 0) is 4.79 Å². The summed E-state index contributed by atoms with van der Waals surface area (Å²) >= 11 is 11.7. The molecule has 0 saturated heterocycles. The first-order valence-electron chi connectivity index (χ1n) is 7.07. The number of rotatable bonds is 5. The van der Waals surface area contributed by atoms with E-state index in [1.54, 1.807) is 6.07 Å². The number of nitrogens with zero attached hydrogens (tertiary/aromatic N) is 1. The number of hydrogen-bond donors (Lipinski definition) is 2. The third-order valence-corrected chi connectivity index (χ3v) is 3.63. The van der Waals surface area contributed by atoms with Gasteiger partial charge in [-0.1, -0.05) is 53.0 Å². The first-order chi connectivity index (χ1) is 11.5. The van der Waals surface area contributed by atoms with Gasteiger partial charge in [0.2, 0.25) is 0 Å². The molecule has 0 saturated carbocycles. The molecule has 0 aliphatic carbocycles. The maximum Gasteiger partial charge on any atom is 0.259 e. The Balaban J connectivity index is 1.83. The fourth-order valence-electron chi connectivity index (χ4n) is 1.80. The highest BCUT2D eigenvalue weighted by molar-refractivity contribution is 6.35. The molecular weight excluding hydrogens is 349 g/mol. The lowest BCUT2D eigenvalue weighted by Gasteiger charge is -2.06. The third kappa shape index (κ3) is 5.37. The molecule has 0 heterocycles. The first-order valence-corrected chi connectivity index (χ1v) is 7.83. The molecule has 2 rings (SSSR count). The molecule has 0 unspecified atom stereocenters. The molecule has 2 N–H and O–H groups in total. The molecule has 0 radical (unpaired) electrons. The first kappa shape index (κ1) is 18.0. The van der Waals surface area contributed by atoms with Crippen LogP contribution in [0.25, 0.3) is 0 Å². The minimum atomic E-state index is -0.486. The highest BCUT2D eigenvalue weighted by atomic mass is 35.5. The SMILES string of the molecule is Cc1ccc(/C=N\NC(=O)CNC(=O)c2cc(Cl)ccc2Cl)cc1. The molecule has 0 atom stereocenters. The molecule has 2 aromatic carbocycles. The Morgan fingerprint density at radius 3 is 2.54 bits per heavy atom. The van der Waals surface area contributed by atoms with E-state index in [-0.39, 0.29) is 17.1 Å². The summed E-state index contributed by atoms with van der Waals surface area (Å²) in [5.74, 6) is -0.940. The number of carbonyl (C=O) groups is 2. The van der Waals surface area contributed by atoms with Gasteiger partial charge in [-0.25, -0.2) is 5.43 Å². The van der Waals surface area contributed by atoms with Crippen molar-refractivity contribution in [2.75, 3.05) is 6.54 Å². The van der Waals surface area contributed by atoms with E-state index in [9.17, 15) is 9.59 Å². The molecule has 24 heavy (non-hydrogen) atoms. The van der Waals surface area contributed by atoms with Crippen LogP contribution in [0.3, 0.4) is 0 Å². The Hall–Kier alpha value is -2.37. The van der Waals surface area contributed by atoms with Gasteiger partial charge in [0.15, 0.2) is 0 Å². The third-order valence-electron chi connectivity index (χ3n) is 3.06. The standard InChI is InChI=1S/C17H15Cl2N3O2/c1-11-2-4-12(5-3-11)9-21-22-16(23)10-20-17(24)14-8-13(18)6-7-15(14)19/h2-9H,10H2,1H3,(H,20,24)(H,22,23)/b21-9-. The summed E-state index contributed by atoms with van der Waals surface area (Å²) in [6.07, 6.45) is 1.52. The summed E-state index contributed by atoms with van der Waals surface area (Å²) in [7, 11) is 0. The fourth-order valence-corrected chi connectivity index (χ4v) is 2.17. The minimum absolute atomic E-state index is 0.208. The van der Waals surface area contributed by atoms with Gasteiger partial charge >= 0.3 is 0 Å². The molecule has 0 spiro atoms. The minimum Gasteiger partial charge on any atom is -0.343 e. The van der Waals surface area contributed by atoms with Crippen molar-refractivity contribution in [3.8, 4) is 0 Å². The van der Waals surface area contributed by atoms with E-state index >= 15 is 0 Å². The smallest absolute Gasteiger partial charge is 0.259 e. The van der Waals surface area contributed by atoms with Crippen LogP contribution >= 0.6 is 23.2 Å². The van der Waals surface area contributed by atoms with Crippen molar-refractivity contribution in [2.45, 2.75) is 6.92 Å². The van der Waals surface area contributed by atoms with E-state index in [1.165, 1.54) is 18.3 Å². The summed E-state index contributed by atoms with van der Waals surface area (Å²) in [6.45, 7) is 1.75. The topological polar surface area (TPSA) is 70.6 Å². The van der Waals surface area contributed by atoms with Crippen molar-refractivity contribution >= 4 is 41.2 Å². The van der Waals surface area contributed by atoms with Crippen molar-refractivity contribution in [1.29, 1.82) is 0 Å². The number of halogens is 2. The Kier molecular flexibility index (Phi) is 6.35. The zero-order valence-corrected chi connectivity index (χ0v) is 14.4. The van der Waals surface area contributed by atoms with Crippen molar-refractivity contribution in [3.63, 3.8) is 0 Å². The molecule has 0 aliphatic rings. The van der Waals surface area contributed by atoms with Crippen LogP contribution < -0.4 is 10.7 Å². The van der Waals surface area contributed by atoms with Crippen LogP contribution in [0, 0.1) is 6.92 Å². The van der Waals surface area contributed by atoms with E-state index in [4.69, 9.17) is 23.2 Å². The zero-order chi connectivity index (χ0) is 17.5. The number of benzene rings is 2. The molecule has 0 bridgehead atoms. The van der Waals surface area contributed by atoms with Crippen LogP contribution in [0.4, 0.5) is 0 Å². The normalized spacial score (nSPS) is 10.6. The number of hydrazone groups is 1. The summed E-state index contributed by atoms with van der Waals surface area (Å²) in [5, 5.41) is 6.93. The molecule has 124 valence electrons. The fraction of sp³-hybridized carbons (Fsp3) is 0.118. The van der Waals surface area contributed by atoms with Crippen LogP contribution in [0.1, 0.15) is 21.5 Å². The van der Waals surface area contributed by atoms with E-state index in [0.29, 0.717) is 5.02 Å². The van der Waals surface area contributed by atoms with Gasteiger partial charge in [0, 0.05) is 5.02 Å². The lowest BCUT2D eigenvalue weighted by Crippen LogP contribution is -2.35. The Bertz CT molecular complexity index is 774. The predicted octanol–water partition coefficient (Wildman–Crippen LogP) is 3.18. The lowest BCUT2D eigenvalue weighted by molar-refractivity contribution is -0.120. The van der Waals surface area contributed by atoms with Crippen molar-refractivity contribution in [3.05, 3.63) is 69.2 Å². The number of carbonyl (C=O) groups excluding carboxylic acids is 2. The predicted molar refractivity (Wildman–Crippen MR) is 95.7 cm³/mol. The summed E-state index contributed by atoms with van der Waals surface area (Å²) < 4.78 is 0. The number of amides is 2. The summed E-state index contributed by atoms with van der Waals surface area (Å²) in [5.41, 5.74) is 4.54. The van der Waals surface area contributed by atoms with Gasteiger partial charge in [-0.05, 0) is 30.7 Å². The van der Waals surface area contributed by atoms with Gasteiger partial charge in [-0.15, -0.1) is 0 Å². The molecule has 2 aromatic rings. The van der Waals surface area contributed by atoms with Crippen molar-refractivity contribution < 1.29 is 9.59 Å². The van der Waals surface area contributed by atoms with Gasteiger partial charge in [0.1, 0.15) is 0 Å². The quantitative estimate of drug-likeness (QED) is 0.632. The largest absolute Gasteiger partial charge is 0.343 e. The van der Waals surface area contributed by atoms with Crippen LogP contribution in [-0.4, -0.2) is 24.6 Å². The number of nitrogens with one attached hydrogen (secondary N) is 2. The average molecular weight is 364 g/mol. The second-order valence-electron chi connectivity index (χ2n) is 5.01. The van der Waals surface area contributed by atoms with Gasteiger partial charge in [-0.2, -0.15) is 5.10 Å². The van der Waals surface area contributed by atoms with E-state index < -0.39 is 11.8 Å². The van der Waals surface area contributed by atoms with Gasteiger partial charge in [0.05, 0.1) is 23.3 Å². The highest BCUT2D eigenvalue weighted by Gasteiger charge is 2.12. The van der Waals surface area contributed by atoms with Gasteiger partial charge < -0.3 is 5.32 Å². The second kappa shape index (κ2) is 8.47. The number of hydrogen-bond acceptors (Lipinski definition) is 3. The van der Waals surface area contributed by atoms with Crippen molar-refractivity contribution in [1.82, 2.24) is 10.7 Å². The molecule has 5 nitrogen and oxygen atoms in total. The molecule has 2 amide bonds. The monoisotopic (exact) mass is 363 g/mol. The summed E-state index contributed by atoms with van der Waals surface area (Å²) in [4.78, 5) is 23.7. The lowest BCUT2D eigenvalue weighted by atomic mass is 10.2. The summed E-state index contributed by atoms with van der Waals surface area (Å²) in [6, 6.07) is 12.2. The molecule has 0 aliphatic heterocycles. The van der Waals surface area contributed by atoms with Gasteiger partial charge in [-0.3, -0.25) is 9.59 Å². The van der Waals surface area contributed by atoms with Crippen LogP contribution in [0.2, 0.25) is 10.0 Å². The van der Waals surface area contributed by atoms with Gasteiger partial charge in [0.25, 0.3) is 11.8 Å². The Morgan fingerprint density at radius 2 is 1.83 bits per heavy atom. The maximum absolute atomic E-state index is 12.0. The number of aryl methyl sites for hydroxylation is 1. The van der Waals surface area contributed by atoms with Crippen LogP contribution in [0.15, 0.2) is 47.6 Å². The average Bonchev–Trinajstić information content (AvgIpc) is 2.56. The molecule has 0 aromatic heterocycles. The maximum atomic E-state index is 12.0. The van der Waals surface area contributed by atoms with Crippen molar-refractivity contribution in [2.24, 2.45) is 5.10 Å². The molecule has 0 fully saturated rings. The second-order valence-corrected chi connectivity index (χ2v) is 5.85. The van der Waals surface area contributed by atoms with E-state index in [0.717, 1.165) is 11.1 Å². The van der Waals surface area contributed by atoms with Crippen LogP contribution in [0.5, 0.6) is 0 Å².